The molecule has 0 amide bonds. The summed E-state index contributed by atoms with van der Waals surface area (Å²) in [5.41, 5.74) is -4.70. The van der Waals surface area contributed by atoms with Crippen LogP contribution >= 0.6 is 0 Å². The summed E-state index contributed by atoms with van der Waals surface area (Å²) in [6.07, 6.45) is -4.18. The van der Waals surface area contributed by atoms with Crippen molar-refractivity contribution in [2.45, 2.75) is 6.18 Å². The van der Waals surface area contributed by atoms with Crippen molar-refractivity contribution in [1.82, 2.24) is 20.6 Å². The average molecular weight is 369 g/mol. The van der Waals surface area contributed by atoms with E-state index in [4.69, 9.17) is 10.4 Å². The maximum absolute atomic E-state index is 12.8. The number of carbonyl (C=O) groups is 1. The maximum atomic E-state index is 12.8. The number of hydrogen-bond acceptors (Lipinski definition) is 8. The Hall–Kier alpha value is -4.02. The number of nitrogens with zero attached hydrogens (tertiary/aromatic N) is 5. The van der Waals surface area contributed by atoms with Crippen LogP contribution < -0.4 is 5.32 Å². The number of anilines is 1. The van der Waals surface area contributed by atoms with Crippen LogP contribution in [0.3, 0.4) is 0 Å². The van der Waals surface area contributed by atoms with E-state index in [0.29, 0.717) is 0 Å². The van der Waals surface area contributed by atoms with Gasteiger partial charge in [-0.2, -0.15) is 23.6 Å². The topological polar surface area (TPSA) is 171 Å². The second-order valence-electron chi connectivity index (χ2n) is 4.53. The summed E-state index contributed by atoms with van der Waals surface area (Å²) in [7, 11) is 0. The van der Waals surface area contributed by atoms with Gasteiger partial charge >= 0.3 is 12.1 Å². The van der Waals surface area contributed by atoms with Gasteiger partial charge in [0.25, 0.3) is 5.69 Å². The Labute approximate surface area is 140 Å². The number of nitrogens with one attached hydrogen (secondary N) is 2. The number of alkyl halides is 3. The SMILES string of the molecule is N#CC(=CNc1c(C(=O)O)cc(C(F)(F)F)cc1[N+](=O)[O-])c1nn[nH]n1. The van der Waals surface area contributed by atoms with Crippen LogP contribution in [0, 0.1) is 21.4 Å². The molecular weight excluding hydrogens is 363 g/mol. The molecule has 0 atom stereocenters. The van der Waals surface area contributed by atoms with Gasteiger partial charge in [-0.3, -0.25) is 10.1 Å². The number of H-pyrrole nitrogens is 1. The highest BCUT2D eigenvalue weighted by molar-refractivity contribution is 5.98. The molecule has 0 unspecified atom stereocenters. The number of carboxylic acids is 1. The van der Waals surface area contributed by atoms with Crippen LogP contribution in [0.1, 0.15) is 21.7 Å². The lowest BCUT2D eigenvalue weighted by molar-refractivity contribution is -0.384. The fourth-order valence-corrected chi connectivity index (χ4v) is 1.82. The highest BCUT2D eigenvalue weighted by atomic mass is 19.4. The molecule has 0 saturated heterocycles. The molecule has 1 aromatic heterocycles. The number of carboxylic acid groups (broad SMARTS) is 1. The standard InChI is InChI=1S/C12H6F3N7O4/c13-12(14,15)6-1-7(11(23)24)9(8(2-6)22(25)26)17-4-5(3-16)10-18-20-21-19-10/h1-2,4,17H,(H,23,24)(H,18,19,20,21). The summed E-state index contributed by atoms with van der Waals surface area (Å²) >= 11 is 0. The van der Waals surface area contributed by atoms with Crippen LogP contribution in [-0.2, 0) is 6.18 Å². The summed E-state index contributed by atoms with van der Waals surface area (Å²) in [5, 5.41) is 43.6. The number of nitro benzene ring substituents is 1. The van der Waals surface area contributed by atoms with E-state index in [1.165, 1.54) is 0 Å². The lowest BCUT2D eigenvalue weighted by atomic mass is 10.1. The number of halogens is 3. The van der Waals surface area contributed by atoms with Crippen molar-refractivity contribution in [3.8, 4) is 6.07 Å². The Balaban J connectivity index is 2.61. The first-order chi connectivity index (χ1) is 12.1. The Morgan fingerprint density at radius 3 is 2.62 bits per heavy atom. The number of aromatic nitrogens is 4. The third kappa shape index (κ3) is 3.72. The molecule has 14 heteroatoms. The molecule has 0 saturated carbocycles. The highest BCUT2D eigenvalue weighted by Crippen LogP contribution is 2.37. The molecule has 3 N–H and O–H groups in total. The van der Waals surface area contributed by atoms with Crippen LogP contribution in [0.5, 0.6) is 0 Å². The second kappa shape index (κ2) is 6.84. The Kier molecular flexibility index (Phi) is 4.82. The van der Waals surface area contributed by atoms with E-state index < -0.39 is 39.6 Å². The van der Waals surface area contributed by atoms with Crippen molar-refractivity contribution < 1.29 is 28.0 Å². The Morgan fingerprint density at radius 2 is 2.15 bits per heavy atom. The molecule has 0 aliphatic carbocycles. The minimum Gasteiger partial charge on any atom is -0.478 e. The molecule has 0 bridgehead atoms. The summed E-state index contributed by atoms with van der Waals surface area (Å²) in [4.78, 5) is 21.2. The number of allylic oxidation sites excluding steroid dienone is 1. The molecule has 2 rings (SSSR count). The number of aromatic carboxylic acids is 1. The van der Waals surface area contributed by atoms with Crippen molar-refractivity contribution >= 4 is 22.9 Å². The normalized spacial score (nSPS) is 11.7. The zero-order chi connectivity index (χ0) is 19.5. The smallest absolute Gasteiger partial charge is 0.416 e. The average Bonchev–Trinajstić information content (AvgIpc) is 3.08. The van der Waals surface area contributed by atoms with Crippen LogP contribution in [-0.4, -0.2) is 36.6 Å². The van der Waals surface area contributed by atoms with Crippen LogP contribution in [0.25, 0.3) is 5.57 Å². The van der Waals surface area contributed by atoms with Crippen LogP contribution in [0.2, 0.25) is 0 Å². The number of aromatic amines is 1. The van der Waals surface area contributed by atoms with E-state index in [2.05, 4.69) is 25.9 Å². The molecule has 0 aliphatic heterocycles. The molecule has 0 spiro atoms. The van der Waals surface area contributed by atoms with Gasteiger partial charge in [0.15, 0.2) is 0 Å². The number of rotatable bonds is 5. The van der Waals surface area contributed by atoms with Crippen molar-refractivity contribution in [1.29, 1.82) is 5.26 Å². The summed E-state index contributed by atoms with van der Waals surface area (Å²) < 4.78 is 38.5. The molecule has 2 aromatic rings. The zero-order valence-corrected chi connectivity index (χ0v) is 12.3. The number of nitriles is 1. The predicted octanol–water partition coefficient (Wildman–Crippen LogP) is 1.80. The number of hydrogen-bond donors (Lipinski definition) is 3. The zero-order valence-electron chi connectivity index (χ0n) is 12.3. The van der Waals surface area contributed by atoms with E-state index >= 15 is 0 Å². The summed E-state index contributed by atoms with van der Waals surface area (Å²) in [6.45, 7) is 0. The van der Waals surface area contributed by atoms with Gasteiger partial charge in [0, 0.05) is 12.3 Å². The monoisotopic (exact) mass is 369 g/mol. The van der Waals surface area contributed by atoms with Gasteiger partial charge in [-0.15, -0.1) is 10.2 Å². The van der Waals surface area contributed by atoms with Gasteiger partial charge in [0.2, 0.25) is 5.82 Å². The van der Waals surface area contributed by atoms with Crippen LogP contribution in [0.15, 0.2) is 18.3 Å². The second-order valence-corrected chi connectivity index (χ2v) is 4.53. The van der Waals surface area contributed by atoms with Crippen molar-refractivity contribution in [3.05, 3.63) is 45.4 Å². The molecule has 0 aliphatic rings. The molecular formula is C12H6F3N7O4. The molecule has 1 heterocycles. The van der Waals surface area contributed by atoms with E-state index in [9.17, 15) is 28.1 Å². The van der Waals surface area contributed by atoms with Gasteiger partial charge < -0.3 is 10.4 Å². The third-order valence-electron chi connectivity index (χ3n) is 2.94. The fourth-order valence-electron chi connectivity index (χ4n) is 1.82. The first-order valence-corrected chi connectivity index (χ1v) is 6.38. The van der Waals surface area contributed by atoms with Crippen molar-refractivity contribution in [2.75, 3.05) is 5.32 Å². The first-order valence-electron chi connectivity index (χ1n) is 6.38. The molecule has 0 radical (unpaired) electrons. The third-order valence-corrected chi connectivity index (χ3v) is 2.94. The Bertz CT molecular complexity index is 896. The highest BCUT2D eigenvalue weighted by Gasteiger charge is 2.35. The van der Waals surface area contributed by atoms with Gasteiger partial charge in [-0.05, 0) is 11.3 Å². The summed E-state index contributed by atoms with van der Waals surface area (Å²) in [5.74, 6) is -2.06. The molecule has 26 heavy (non-hydrogen) atoms. The van der Waals surface area contributed by atoms with Gasteiger partial charge in [0.05, 0.1) is 16.1 Å². The molecule has 134 valence electrons. The largest absolute Gasteiger partial charge is 0.478 e. The number of nitro groups is 1. The molecule has 11 nitrogen and oxygen atoms in total. The molecule has 0 fully saturated rings. The number of tetrazole rings is 1. The lowest BCUT2D eigenvalue weighted by Gasteiger charge is -2.12. The van der Waals surface area contributed by atoms with E-state index in [1.807, 2.05) is 0 Å². The quantitative estimate of drug-likeness (QED) is 0.404. The fraction of sp³-hybridized carbons (Fsp3) is 0.0833. The van der Waals surface area contributed by atoms with Gasteiger partial charge in [-0.25, -0.2) is 4.79 Å². The summed E-state index contributed by atoms with van der Waals surface area (Å²) in [6, 6.07) is 2.05. The van der Waals surface area contributed by atoms with Crippen molar-refractivity contribution in [3.63, 3.8) is 0 Å². The minimum atomic E-state index is -4.99. The van der Waals surface area contributed by atoms with Gasteiger partial charge in [0.1, 0.15) is 17.3 Å². The Morgan fingerprint density at radius 1 is 1.46 bits per heavy atom. The maximum Gasteiger partial charge on any atom is 0.416 e. The minimum absolute atomic E-state index is 0.184. The predicted molar refractivity (Wildman–Crippen MR) is 76.4 cm³/mol. The van der Waals surface area contributed by atoms with Crippen molar-refractivity contribution in [2.24, 2.45) is 0 Å². The van der Waals surface area contributed by atoms with E-state index in [1.54, 1.807) is 6.07 Å². The van der Waals surface area contributed by atoms with E-state index in [-0.39, 0.29) is 23.5 Å². The lowest BCUT2D eigenvalue weighted by Crippen LogP contribution is -2.12. The molecule has 1 aromatic carbocycles. The number of benzene rings is 1. The van der Waals surface area contributed by atoms with Gasteiger partial charge in [-0.1, -0.05) is 0 Å². The first kappa shape index (κ1) is 18.3. The van der Waals surface area contributed by atoms with Crippen LogP contribution in [0.4, 0.5) is 24.5 Å². The van der Waals surface area contributed by atoms with E-state index in [0.717, 1.165) is 6.20 Å².